The fourth-order valence-electron chi connectivity index (χ4n) is 1.68. The van der Waals surface area contributed by atoms with Gasteiger partial charge in [-0.15, -0.1) is 0 Å². The summed E-state index contributed by atoms with van der Waals surface area (Å²) in [4.78, 5) is 21.9. The van der Waals surface area contributed by atoms with Crippen LogP contribution in [0.25, 0.3) is 0 Å². The molecule has 0 spiro atoms. The average Bonchev–Trinajstić information content (AvgIpc) is 2.55. The van der Waals surface area contributed by atoms with E-state index in [0.717, 1.165) is 0 Å². The Morgan fingerprint density at radius 1 is 1.27 bits per heavy atom. The van der Waals surface area contributed by atoms with E-state index in [0.29, 0.717) is 16.9 Å². The number of carbonyl (C=O) groups is 1. The normalized spacial score (nSPS) is 10.4. The van der Waals surface area contributed by atoms with E-state index in [-0.39, 0.29) is 11.6 Å². The van der Waals surface area contributed by atoms with Crippen LogP contribution in [-0.2, 0) is 0 Å². The molecule has 0 unspecified atom stereocenters. The van der Waals surface area contributed by atoms with Crippen LogP contribution in [0.2, 0.25) is 0 Å². The fraction of sp³-hybridized carbons (Fsp3) is 0.0667. The maximum absolute atomic E-state index is 11.9. The molecule has 22 heavy (non-hydrogen) atoms. The minimum atomic E-state index is -0.481. The third-order valence-electron chi connectivity index (χ3n) is 2.82. The van der Waals surface area contributed by atoms with E-state index in [1.165, 1.54) is 25.5 Å². The zero-order chi connectivity index (χ0) is 15.9. The molecule has 0 saturated heterocycles. The smallest absolute Gasteiger partial charge is 0.271 e. The van der Waals surface area contributed by atoms with Crippen molar-refractivity contribution < 1.29 is 14.5 Å². The molecule has 0 radical (unpaired) electrons. The summed E-state index contributed by atoms with van der Waals surface area (Å²) in [5.74, 6) is 0.198. The quantitative estimate of drug-likeness (QED) is 0.521. The maximum Gasteiger partial charge on any atom is 0.271 e. The van der Waals surface area contributed by atoms with Crippen LogP contribution in [0.4, 0.5) is 5.69 Å². The highest BCUT2D eigenvalue weighted by Gasteiger charge is 2.05. The van der Waals surface area contributed by atoms with Crippen molar-refractivity contribution in [3.63, 3.8) is 0 Å². The van der Waals surface area contributed by atoms with Gasteiger partial charge < -0.3 is 4.74 Å². The third kappa shape index (κ3) is 3.89. The van der Waals surface area contributed by atoms with Crippen LogP contribution in [0.5, 0.6) is 5.75 Å². The monoisotopic (exact) mass is 299 g/mol. The van der Waals surface area contributed by atoms with Crippen molar-refractivity contribution in [3.05, 3.63) is 69.8 Å². The number of nitro benzene ring substituents is 1. The van der Waals surface area contributed by atoms with Crippen LogP contribution >= 0.6 is 0 Å². The largest absolute Gasteiger partial charge is 0.497 e. The van der Waals surface area contributed by atoms with Gasteiger partial charge in [0.15, 0.2) is 0 Å². The number of nitro groups is 1. The molecule has 0 aliphatic carbocycles. The zero-order valence-electron chi connectivity index (χ0n) is 11.7. The highest BCUT2D eigenvalue weighted by Crippen LogP contribution is 2.12. The molecule has 0 saturated carbocycles. The Morgan fingerprint density at radius 3 is 2.64 bits per heavy atom. The number of hydrogen-bond donors (Lipinski definition) is 1. The molecule has 0 bridgehead atoms. The molecule has 2 aromatic carbocycles. The second-order valence-electron chi connectivity index (χ2n) is 4.28. The molecule has 2 aromatic rings. The standard InChI is InChI=1S/C15H13N3O4/c1-22-14-4-2-3-12(9-14)15(19)17-16-10-11-5-7-13(8-6-11)18(20)21/h2-10H,1H3,(H,17,19)/b16-10+. The van der Waals surface area contributed by atoms with E-state index in [4.69, 9.17) is 4.74 Å². The fourth-order valence-corrected chi connectivity index (χ4v) is 1.68. The number of amides is 1. The predicted octanol–water partition coefficient (Wildman–Crippen LogP) is 2.37. The first-order chi connectivity index (χ1) is 10.6. The maximum atomic E-state index is 11.9. The lowest BCUT2D eigenvalue weighted by Gasteiger charge is -2.02. The van der Waals surface area contributed by atoms with Crippen LogP contribution in [-0.4, -0.2) is 24.2 Å². The molecule has 7 heteroatoms. The lowest BCUT2D eigenvalue weighted by molar-refractivity contribution is -0.384. The first-order valence-corrected chi connectivity index (χ1v) is 6.32. The Labute approximate surface area is 126 Å². The third-order valence-corrected chi connectivity index (χ3v) is 2.82. The summed E-state index contributed by atoms with van der Waals surface area (Å²) in [5.41, 5.74) is 3.43. The van der Waals surface area contributed by atoms with Crippen molar-refractivity contribution in [3.8, 4) is 5.75 Å². The van der Waals surface area contributed by atoms with E-state index in [9.17, 15) is 14.9 Å². The number of ether oxygens (including phenoxy) is 1. The van der Waals surface area contributed by atoms with Crippen molar-refractivity contribution in [1.29, 1.82) is 0 Å². The molecule has 0 aliphatic rings. The van der Waals surface area contributed by atoms with Gasteiger partial charge in [0.05, 0.1) is 18.2 Å². The molecule has 1 N–H and O–H groups in total. The van der Waals surface area contributed by atoms with Crippen molar-refractivity contribution in [2.75, 3.05) is 7.11 Å². The van der Waals surface area contributed by atoms with E-state index in [1.54, 1.807) is 36.4 Å². The van der Waals surface area contributed by atoms with Gasteiger partial charge in [0, 0.05) is 17.7 Å². The minimum Gasteiger partial charge on any atom is -0.497 e. The Balaban J connectivity index is 1.99. The van der Waals surface area contributed by atoms with Gasteiger partial charge in [-0.05, 0) is 35.9 Å². The van der Waals surface area contributed by atoms with Gasteiger partial charge in [0.2, 0.25) is 0 Å². The van der Waals surface area contributed by atoms with Crippen molar-refractivity contribution in [2.24, 2.45) is 5.10 Å². The summed E-state index contributed by atoms with van der Waals surface area (Å²) in [7, 11) is 1.52. The zero-order valence-corrected chi connectivity index (χ0v) is 11.7. The Kier molecular flexibility index (Phi) is 4.81. The Hall–Kier alpha value is -3.22. The van der Waals surface area contributed by atoms with Gasteiger partial charge >= 0.3 is 0 Å². The molecule has 0 aliphatic heterocycles. The Bertz CT molecular complexity index is 711. The Morgan fingerprint density at radius 2 is 2.00 bits per heavy atom. The van der Waals surface area contributed by atoms with Gasteiger partial charge in [-0.3, -0.25) is 14.9 Å². The number of benzene rings is 2. The second-order valence-corrected chi connectivity index (χ2v) is 4.28. The number of non-ortho nitro benzene ring substituents is 1. The van der Waals surface area contributed by atoms with Gasteiger partial charge in [0.25, 0.3) is 11.6 Å². The van der Waals surface area contributed by atoms with Gasteiger partial charge in [-0.25, -0.2) is 5.43 Å². The molecule has 0 heterocycles. The molecule has 112 valence electrons. The molecular weight excluding hydrogens is 286 g/mol. The second kappa shape index (κ2) is 6.98. The van der Waals surface area contributed by atoms with E-state index >= 15 is 0 Å². The first kappa shape index (κ1) is 15.2. The minimum absolute atomic E-state index is 0.00225. The summed E-state index contributed by atoms with van der Waals surface area (Å²) in [6, 6.07) is 12.5. The van der Waals surface area contributed by atoms with Crippen molar-refractivity contribution >= 4 is 17.8 Å². The molecular formula is C15H13N3O4. The number of methoxy groups -OCH3 is 1. The SMILES string of the molecule is COc1cccc(C(=O)N/N=C/c2ccc([N+](=O)[O-])cc2)c1. The van der Waals surface area contributed by atoms with E-state index in [2.05, 4.69) is 10.5 Å². The van der Waals surface area contributed by atoms with Crippen LogP contribution in [0, 0.1) is 10.1 Å². The lowest BCUT2D eigenvalue weighted by Crippen LogP contribution is -2.17. The lowest BCUT2D eigenvalue weighted by atomic mass is 10.2. The molecule has 7 nitrogen and oxygen atoms in total. The summed E-state index contributed by atoms with van der Waals surface area (Å²) in [6.07, 6.45) is 1.40. The van der Waals surface area contributed by atoms with E-state index in [1.807, 2.05) is 0 Å². The van der Waals surface area contributed by atoms with Crippen LogP contribution in [0.3, 0.4) is 0 Å². The number of carbonyl (C=O) groups excluding carboxylic acids is 1. The van der Waals surface area contributed by atoms with Crippen LogP contribution in [0.1, 0.15) is 15.9 Å². The van der Waals surface area contributed by atoms with E-state index < -0.39 is 4.92 Å². The number of hydrogen-bond acceptors (Lipinski definition) is 5. The van der Waals surface area contributed by atoms with Gasteiger partial charge in [0.1, 0.15) is 5.75 Å². The van der Waals surface area contributed by atoms with Gasteiger partial charge in [-0.2, -0.15) is 5.10 Å². The number of rotatable bonds is 5. The first-order valence-electron chi connectivity index (χ1n) is 6.32. The highest BCUT2D eigenvalue weighted by molar-refractivity contribution is 5.95. The number of nitrogens with one attached hydrogen (secondary N) is 1. The molecule has 2 rings (SSSR count). The van der Waals surface area contributed by atoms with Crippen molar-refractivity contribution in [1.82, 2.24) is 5.43 Å². The topological polar surface area (TPSA) is 93.8 Å². The van der Waals surface area contributed by atoms with Crippen LogP contribution < -0.4 is 10.2 Å². The van der Waals surface area contributed by atoms with Crippen molar-refractivity contribution in [2.45, 2.75) is 0 Å². The number of hydrazone groups is 1. The summed E-state index contributed by atoms with van der Waals surface area (Å²) in [6.45, 7) is 0. The predicted molar refractivity (Wildman–Crippen MR) is 81.2 cm³/mol. The average molecular weight is 299 g/mol. The summed E-state index contributed by atoms with van der Waals surface area (Å²) < 4.78 is 5.04. The number of nitrogens with zero attached hydrogens (tertiary/aromatic N) is 2. The summed E-state index contributed by atoms with van der Waals surface area (Å²) >= 11 is 0. The molecule has 0 atom stereocenters. The van der Waals surface area contributed by atoms with Gasteiger partial charge in [-0.1, -0.05) is 6.07 Å². The molecule has 1 amide bonds. The highest BCUT2D eigenvalue weighted by atomic mass is 16.6. The summed E-state index contributed by atoms with van der Waals surface area (Å²) in [5, 5.41) is 14.3. The molecule has 0 fully saturated rings. The molecule has 0 aromatic heterocycles. The van der Waals surface area contributed by atoms with Crippen LogP contribution in [0.15, 0.2) is 53.6 Å².